The molecule has 4 rings (SSSR count). The van der Waals surface area contributed by atoms with Gasteiger partial charge in [0.15, 0.2) is 11.3 Å². The van der Waals surface area contributed by atoms with E-state index in [4.69, 9.17) is 14.8 Å². The summed E-state index contributed by atoms with van der Waals surface area (Å²) >= 11 is 0. The first-order chi connectivity index (χ1) is 11.7. The van der Waals surface area contributed by atoms with Gasteiger partial charge in [-0.1, -0.05) is 6.92 Å². The zero-order valence-electron chi connectivity index (χ0n) is 14.5. The van der Waals surface area contributed by atoms with Crippen molar-refractivity contribution >= 4 is 22.5 Å². The summed E-state index contributed by atoms with van der Waals surface area (Å²) in [6.45, 7) is 7.88. The highest BCUT2D eigenvalue weighted by molar-refractivity contribution is 5.93. The van der Waals surface area contributed by atoms with Crippen LogP contribution in [0.3, 0.4) is 0 Å². The van der Waals surface area contributed by atoms with E-state index < -0.39 is 0 Å². The quantitative estimate of drug-likeness (QED) is 0.799. The Hall–Kier alpha value is -2.21. The van der Waals surface area contributed by atoms with Crippen LogP contribution >= 0.6 is 0 Å². The maximum absolute atomic E-state index is 5.72. The largest absolute Gasteiger partial charge is 0.376 e. The molecule has 1 saturated heterocycles. The lowest BCUT2D eigenvalue weighted by molar-refractivity contribution is 0.120. The normalized spacial score (nSPS) is 17.9. The molecule has 1 aliphatic rings. The number of anilines is 1. The van der Waals surface area contributed by atoms with Crippen molar-refractivity contribution in [2.24, 2.45) is 0 Å². The standard InChI is InChI=1S/C18H23N5O/c1-4-13-9-15(19-10-14-6-5-7-24-14)23-18(21-13)16-11(2)8-12(3)20-17(16)22-23/h8-9,14,19H,4-7,10H2,1-3H3/t14-/m0/s1. The van der Waals surface area contributed by atoms with Crippen LogP contribution in [0.15, 0.2) is 12.1 Å². The molecule has 1 atom stereocenters. The molecule has 1 aliphatic heterocycles. The zero-order valence-corrected chi connectivity index (χ0v) is 14.5. The van der Waals surface area contributed by atoms with Gasteiger partial charge < -0.3 is 10.1 Å². The molecule has 0 spiro atoms. The molecule has 6 heteroatoms. The van der Waals surface area contributed by atoms with Gasteiger partial charge in [-0.25, -0.2) is 9.97 Å². The Morgan fingerprint density at radius 2 is 2.17 bits per heavy atom. The van der Waals surface area contributed by atoms with Crippen molar-refractivity contribution in [1.29, 1.82) is 0 Å². The van der Waals surface area contributed by atoms with Gasteiger partial charge in [-0.3, -0.25) is 0 Å². The van der Waals surface area contributed by atoms with Crippen molar-refractivity contribution < 1.29 is 4.74 Å². The maximum Gasteiger partial charge on any atom is 0.184 e. The summed E-state index contributed by atoms with van der Waals surface area (Å²) in [5, 5.41) is 9.24. The molecule has 3 aromatic rings. The predicted octanol–water partition coefficient (Wildman–Crippen LogP) is 3.05. The molecule has 1 N–H and O–H groups in total. The Morgan fingerprint density at radius 1 is 1.29 bits per heavy atom. The Kier molecular flexibility index (Phi) is 3.84. The Bertz CT molecular complexity index is 895. The third-order valence-electron chi connectivity index (χ3n) is 4.62. The lowest BCUT2D eigenvalue weighted by Crippen LogP contribution is -2.20. The molecule has 0 saturated carbocycles. The molecule has 0 radical (unpaired) electrons. The molecule has 126 valence electrons. The minimum absolute atomic E-state index is 0.283. The van der Waals surface area contributed by atoms with E-state index in [9.17, 15) is 0 Å². The molecule has 3 aromatic heterocycles. The van der Waals surface area contributed by atoms with E-state index in [1.54, 1.807) is 0 Å². The number of hydrogen-bond donors (Lipinski definition) is 1. The Morgan fingerprint density at radius 3 is 2.92 bits per heavy atom. The van der Waals surface area contributed by atoms with Gasteiger partial charge in [0.2, 0.25) is 0 Å². The number of nitrogens with zero attached hydrogens (tertiary/aromatic N) is 4. The number of aromatic nitrogens is 4. The minimum atomic E-state index is 0.283. The summed E-state index contributed by atoms with van der Waals surface area (Å²) in [6, 6.07) is 4.17. The number of nitrogens with one attached hydrogen (secondary N) is 1. The molecule has 0 aromatic carbocycles. The average molecular weight is 325 g/mol. The number of rotatable bonds is 4. The highest BCUT2D eigenvalue weighted by Crippen LogP contribution is 2.25. The van der Waals surface area contributed by atoms with Crippen LogP contribution in [-0.4, -0.2) is 38.8 Å². The predicted molar refractivity (Wildman–Crippen MR) is 94.6 cm³/mol. The topological polar surface area (TPSA) is 64.3 Å². The van der Waals surface area contributed by atoms with Gasteiger partial charge in [-0.15, -0.1) is 5.10 Å². The van der Waals surface area contributed by atoms with Gasteiger partial charge in [-0.2, -0.15) is 4.52 Å². The molecule has 0 unspecified atom stereocenters. The van der Waals surface area contributed by atoms with Crippen molar-refractivity contribution in [1.82, 2.24) is 19.6 Å². The van der Waals surface area contributed by atoms with Crippen molar-refractivity contribution in [3.8, 4) is 0 Å². The van der Waals surface area contributed by atoms with E-state index >= 15 is 0 Å². The second-order valence-electron chi connectivity index (χ2n) is 6.52. The summed E-state index contributed by atoms with van der Waals surface area (Å²) in [4.78, 5) is 9.39. The van der Waals surface area contributed by atoms with Crippen LogP contribution in [0.4, 0.5) is 5.82 Å². The van der Waals surface area contributed by atoms with Crippen molar-refractivity contribution in [2.45, 2.75) is 46.1 Å². The van der Waals surface area contributed by atoms with Crippen LogP contribution in [0.1, 0.15) is 36.7 Å². The van der Waals surface area contributed by atoms with Crippen LogP contribution in [0, 0.1) is 13.8 Å². The highest BCUT2D eigenvalue weighted by Gasteiger charge is 2.18. The molecule has 24 heavy (non-hydrogen) atoms. The minimum Gasteiger partial charge on any atom is -0.376 e. The first-order valence-corrected chi connectivity index (χ1v) is 8.68. The molecular formula is C18H23N5O. The summed E-state index contributed by atoms with van der Waals surface area (Å²) in [6.07, 6.45) is 3.43. The third-order valence-corrected chi connectivity index (χ3v) is 4.62. The summed E-state index contributed by atoms with van der Waals surface area (Å²) in [5.74, 6) is 0.961. The Balaban J connectivity index is 1.83. The molecule has 1 fully saturated rings. The fourth-order valence-electron chi connectivity index (χ4n) is 3.40. The van der Waals surface area contributed by atoms with Crippen molar-refractivity contribution in [3.05, 3.63) is 29.1 Å². The number of ether oxygens (including phenoxy) is 1. The molecule has 0 amide bonds. The zero-order chi connectivity index (χ0) is 16.7. The van der Waals surface area contributed by atoms with Crippen LogP contribution < -0.4 is 5.32 Å². The second-order valence-corrected chi connectivity index (χ2v) is 6.52. The molecule has 0 bridgehead atoms. The molecule has 0 aliphatic carbocycles. The van der Waals surface area contributed by atoms with Crippen LogP contribution in [0.5, 0.6) is 0 Å². The fourth-order valence-corrected chi connectivity index (χ4v) is 3.40. The fraction of sp³-hybridized carbons (Fsp3) is 0.500. The molecular weight excluding hydrogens is 302 g/mol. The van der Waals surface area contributed by atoms with E-state index in [0.717, 1.165) is 66.3 Å². The molecule has 4 heterocycles. The monoisotopic (exact) mass is 325 g/mol. The number of aryl methyl sites for hydroxylation is 3. The van der Waals surface area contributed by atoms with Crippen molar-refractivity contribution in [2.75, 3.05) is 18.5 Å². The van der Waals surface area contributed by atoms with E-state index in [0.29, 0.717) is 0 Å². The van der Waals surface area contributed by atoms with Gasteiger partial charge in [0.25, 0.3) is 0 Å². The van der Waals surface area contributed by atoms with Gasteiger partial charge in [0.1, 0.15) is 5.82 Å². The first-order valence-electron chi connectivity index (χ1n) is 8.68. The van der Waals surface area contributed by atoms with E-state index in [1.165, 1.54) is 5.56 Å². The second kappa shape index (κ2) is 6.02. The third kappa shape index (κ3) is 2.60. The van der Waals surface area contributed by atoms with Crippen LogP contribution in [0.25, 0.3) is 16.7 Å². The van der Waals surface area contributed by atoms with Crippen LogP contribution in [-0.2, 0) is 11.2 Å². The number of pyridine rings is 1. The van der Waals surface area contributed by atoms with Gasteiger partial charge in [0, 0.05) is 30.6 Å². The van der Waals surface area contributed by atoms with Crippen molar-refractivity contribution in [3.63, 3.8) is 0 Å². The lowest BCUT2D eigenvalue weighted by atomic mass is 10.2. The van der Waals surface area contributed by atoms with E-state index in [-0.39, 0.29) is 6.10 Å². The summed E-state index contributed by atoms with van der Waals surface area (Å²) < 4.78 is 7.60. The SMILES string of the molecule is CCc1cc(NC[C@@H]2CCCO2)n2nc3nc(C)cc(C)c3c2n1. The summed E-state index contributed by atoms with van der Waals surface area (Å²) in [5.41, 5.74) is 4.84. The van der Waals surface area contributed by atoms with E-state index in [2.05, 4.69) is 36.3 Å². The first kappa shape index (κ1) is 15.3. The van der Waals surface area contributed by atoms with Gasteiger partial charge in [0.05, 0.1) is 11.5 Å². The molecule has 6 nitrogen and oxygen atoms in total. The number of hydrogen-bond acceptors (Lipinski definition) is 5. The van der Waals surface area contributed by atoms with Gasteiger partial charge in [-0.05, 0) is 44.7 Å². The number of fused-ring (bicyclic) bond motifs is 3. The smallest absolute Gasteiger partial charge is 0.184 e. The van der Waals surface area contributed by atoms with E-state index in [1.807, 2.05) is 11.4 Å². The van der Waals surface area contributed by atoms with Gasteiger partial charge >= 0.3 is 0 Å². The highest BCUT2D eigenvalue weighted by atomic mass is 16.5. The summed E-state index contributed by atoms with van der Waals surface area (Å²) in [7, 11) is 0. The lowest BCUT2D eigenvalue weighted by Gasteiger charge is -2.13. The Labute approximate surface area is 141 Å². The van der Waals surface area contributed by atoms with Crippen LogP contribution in [0.2, 0.25) is 0 Å². The average Bonchev–Trinajstić information content (AvgIpc) is 3.19. The maximum atomic E-state index is 5.72.